The van der Waals surface area contributed by atoms with Crippen LogP contribution in [0.3, 0.4) is 0 Å². The number of carboxylic acid groups (broad SMARTS) is 1. The number of hydrogen-bond donors (Lipinski definition) is 2. The first-order valence-corrected chi connectivity index (χ1v) is 13.3. The SMILES string of the molecule is COc1cn(C(CC2COCCO2)C(=O)Nc2ccc(C(=O)O)cc2)c(=O)cc1-c1cc(Cl)ccc1C1=NOCC1. The zero-order valence-electron chi connectivity index (χ0n) is 22.2. The minimum atomic E-state index is -1.08. The molecule has 2 aromatic carbocycles. The number of anilines is 1. The summed E-state index contributed by atoms with van der Waals surface area (Å²) >= 11 is 6.34. The van der Waals surface area contributed by atoms with Crippen molar-refractivity contribution in [2.75, 3.05) is 38.9 Å². The molecule has 0 aliphatic carbocycles. The van der Waals surface area contributed by atoms with E-state index < -0.39 is 29.6 Å². The van der Waals surface area contributed by atoms with Crippen LogP contribution in [0.25, 0.3) is 11.1 Å². The van der Waals surface area contributed by atoms with Gasteiger partial charge in [-0.1, -0.05) is 22.8 Å². The summed E-state index contributed by atoms with van der Waals surface area (Å²) in [4.78, 5) is 43.7. The number of carbonyl (C=O) groups excluding carboxylic acids is 1. The second kappa shape index (κ2) is 12.5. The van der Waals surface area contributed by atoms with Crippen LogP contribution in [0.4, 0.5) is 5.69 Å². The van der Waals surface area contributed by atoms with Gasteiger partial charge in [-0.25, -0.2) is 4.79 Å². The normalized spacial score (nSPS) is 17.3. The lowest BCUT2D eigenvalue weighted by atomic mass is 9.95. The molecule has 214 valence electrons. The van der Waals surface area contributed by atoms with Crippen LogP contribution in [-0.2, 0) is 19.1 Å². The summed E-state index contributed by atoms with van der Waals surface area (Å²) in [6.45, 7) is 1.55. The third kappa shape index (κ3) is 6.43. The smallest absolute Gasteiger partial charge is 0.335 e. The van der Waals surface area contributed by atoms with Crippen LogP contribution in [0.5, 0.6) is 5.75 Å². The predicted molar refractivity (Wildman–Crippen MR) is 151 cm³/mol. The second-order valence-corrected chi connectivity index (χ2v) is 9.94. The molecule has 1 saturated heterocycles. The highest BCUT2D eigenvalue weighted by atomic mass is 35.5. The third-order valence-electron chi connectivity index (χ3n) is 6.86. The Bertz CT molecular complexity index is 1530. The number of pyridine rings is 1. The van der Waals surface area contributed by atoms with Crippen LogP contribution in [0.15, 0.2) is 64.7 Å². The number of rotatable bonds is 9. The van der Waals surface area contributed by atoms with Crippen molar-refractivity contribution in [3.05, 3.63) is 81.2 Å². The van der Waals surface area contributed by atoms with Crippen molar-refractivity contribution in [2.45, 2.75) is 25.0 Å². The van der Waals surface area contributed by atoms with Crippen molar-refractivity contribution in [1.82, 2.24) is 4.57 Å². The number of carbonyl (C=O) groups is 2. The first-order chi connectivity index (χ1) is 19.8. The highest BCUT2D eigenvalue weighted by Gasteiger charge is 2.29. The predicted octanol–water partition coefficient (Wildman–Crippen LogP) is 3.99. The lowest BCUT2D eigenvalue weighted by molar-refractivity contribution is -0.124. The summed E-state index contributed by atoms with van der Waals surface area (Å²) in [5.41, 5.74) is 2.63. The van der Waals surface area contributed by atoms with Crippen molar-refractivity contribution < 1.29 is 33.7 Å². The summed E-state index contributed by atoms with van der Waals surface area (Å²) in [6, 6.07) is 11.5. The number of nitrogens with one attached hydrogen (secondary N) is 1. The van der Waals surface area contributed by atoms with E-state index in [2.05, 4.69) is 10.5 Å². The standard InChI is InChI=1S/C29H28ClN3O8/c1-38-26-15-33(27(34)14-23(26)22-12-18(30)4-7-21(22)24-8-9-41-32-24)25(13-20-16-39-10-11-40-20)28(35)31-19-5-2-17(3-6-19)29(36)37/h2-7,12,14-15,20,25H,8-11,13,16H2,1H3,(H,31,35)(H,36,37). The lowest BCUT2D eigenvalue weighted by Crippen LogP contribution is -2.38. The minimum Gasteiger partial charge on any atom is -0.495 e. The van der Waals surface area contributed by atoms with E-state index in [4.69, 9.17) is 30.6 Å². The molecule has 3 aromatic rings. The molecule has 0 spiro atoms. The molecule has 2 N–H and O–H groups in total. The summed E-state index contributed by atoms with van der Waals surface area (Å²) in [5, 5.41) is 16.6. The van der Waals surface area contributed by atoms with Crippen LogP contribution in [0.1, 0.15) is 34.8 Å². The second-order valence-electron chi connectivity index (χ2n) is 9.50. The molecule has 2 atom stereocenters. The third-order valence-corrected chi connectivity index (χ3v) is 7.10. The van der Waals surface area contributed by atoms with Gasteiger partial charge in [-0.3, -0.25) is 14.2 Å². The van der Waals surface area contributed by atoms with Crippen LogP contribution in [0, 0.1) is 0 Å². The van der Waals surface area contributed by atoms with Crippen LogP contribution >= 0.6 is 11.6 Å². The quantitative estimate of drug-likeness (QED) is 0.387. The molecule has 11 nitrogen and oxygen atoms in total. The zero-order chi connectivity index (χ0) is 28.9. The number of nitrogens with zero attached hydrogens (tertiary/aromatic N) is 2. The first kappa shape index (κ1) is 28.3. The molecule has 0 radical (unpaired) electrons. The molecule has 2 unspecified atom stereocenters. The fraction of sp³-hybridized carbons (Fsp3) is 0.310. The van der Waals surface area contributed by atoms with Gasteiger partial charge >= 0.3 is 5.97 Å². The molecule has 41 heavy (non-hydrogen) atoms. The van der Waals surface area contributed by atoms with Gasteiger partial charge in [-0.2, -0.15) is 0 Å². The molecule has 3 heterocycles. The number of aromatic carboxylic acids is 1. The van der Waals surface area contributed by atoms with E-state index >= 15 is 0 Å². The molecule has 2 aliphatic rings. The van der Waals surface area contributed by atoms with E-state index in [-0.39, 0.29) is 18.6 Å². The fourth-order valence-corrected chi connectivity index (χ4v) is 4.99. The number of ether oxygens (including phenoxy) is 3. The average Bonchev–Trinajstić information content (AvgIpc) is 3.51. The number of halogens is 1. The van der Waals surface area contributed by atoms with Crippen LogP contribution in [-0.4, -0.2) is 66.9 Å². The topological polar surface area (TPSA) is 138 Å². The van der Waals surface area contributed by atoms with Crippen LogP contribution < -0.4 is 15.6 Å². The Balaban J connectivity index is 1.53. The monoisotopic (exact) mass is 581 g/mol. The highest BCUT2D eigenvalue weighted by molar-refractivity contribution is 6.31. The van der Waals surface area contributed by atoms with Gasteiger partial charge in [-0.05, 0) is 42.0 Å². The van der Waals surface area contributed by atoms with Gasteiger partial charge < -0.3 is 29.5 Å². The zero-order valence-corrected chi connectivity index (χ0v) is 22.9. The Morgan fingerprint density at radius 2 is 1.93 bits per heavy atom. The highest BCUT2D eigenvalue weighted by Crippen LogP contribution is 2.35. The van der Waals surface area contributed by atoms with Crippen molar-refractivity contribution in [1.29, 1.82) is 0 Å². The molecule has 1 fully saturated rings. The summed E-state index contributed by atoms with van der Waals surface area (Å²) in [6.07, 6.45) is 1.83. The van der Waals surface area contributed by atoms with Gasteiger partial charge in [0.05, 0.1) is 50.5 Å². The Labute approximate surface area is 240 Å². The molecule has 2 aliphatic heterocycles. The maximum absolute atomic E-state index is 13.7. The van der Waals surface area contributed by atoms with E-state index in [0.717, 1.165) is 11.3 Å². The molecule has 1 amide bonds. The van der Waals surface area contributed by atoms with Gasteiger partial charge in [0, 0.05) is 40.7 Å². The molecule has 5 rings (SSSR count). The summed E-state index contributed by atoms with van der Waals surface area (Å²) < 4.78 is 18.3. The van der Waals surface area contributed by atoms with Gasteiger partial charge in [-0.15, -0.1) is 0 Å². The van der Waals surface area contributed by atoms with E-state index in [1.54, 1.807) is 12.1 Å². The number of methoxy groups -OCH3 is 1. The maximum Gasteiger partial charge on any atom is 0.335 e. The van der Waals surface area contributed by atoms with Gasteiger partial charge in [0.2, 0.25) is 5.91 Å². The average molecular weight is 582 g/mol. The minimum absolute atomic E-state index is 0.0827. The molecule has 12 heteroatoms. The molecule has 0 saturated carbocycles. The lowest BCUT2D eigenvalue weighted by Gasteiger charge is -2.28. The van der Waals surface area contributed by atoms with Gasteiger partial charge in [0.1, 0.15) is 18.4 Å². The molecular weight excluding hydrogens is 554 g/mol. The number of carboxylic acids is 1. The van der Waals surface area contributed by atoms with E-state index in [9.17, 15) is 19.5 Å². The number of aromatic nitrogens is 1. The van der Waals surface area contributed by atoms with Gasteiger partial charge in [0.25, 0.3) is 5.56 Å². The van der Waals surface area contributed by atoms with Crippen molar-refractivity contribution in [2.24, 2.45) is 5.16 Å². The largest absolute Gasteiger partial charge is 0.495 e. The number of amides is 1. The number of benzene rings is 2. The molecular formula is C29H28ClN3O8. The van der Waals surface area contributed by atoms with Crippen molar-refractivity contribution >= 4 is 34.9 Å². The van der Waals surface area contributed by atoms with E-state index in [1.165, 1.54) is 48.2 Å². The first-order valence-electron chi connectivity index (χ1n) is 13.0. The van der Waals surface area contributed by atoms with Crippen molar-refractivity contribution in [3.8, 4) is 16.9 Å². The van der Waals surface area contributed by atoms with Gasteiger partial charge in [0.15, 0.2) is 0 Å². The Hall–Kier alpha value is -4.19. The Morgan fingerprint density at radius 3 is 2.59 bits per heavy atom. The van der Waals surface area contributed by atoms with Crippen molar-refractivity contribution in [3.63, 3.8) is 0 Å². The summed E-state index contributed by atoms with van der Waals surface area (Å²) in [5.74, 6) is -1.22. The summed E-state index contributed by atoms with van der Waals surface area (Å²) in [7, 11) is 1.48. The molecule has 0 bridgehead atoms. The van der Waals surface area contributed by atoms with E-state index in [0.29, 0.717) is 53.8 Å². The maximum atomic E-state index is 13.7. The number of oxime groups is 1. The molecule has 1 aromatic heterocycles. The number of hydrogen-bond acceptors (Lipinski definition) is 8. The fourth-order valence-electron chi connectivity index (χ4n) is 4.82. The Kier molecular flexibility index (Phi) is 8.67. The van der Waals surface area contributed by atoms with E-state index in [1.807, 2.05) is 6.07 Å². The van der Waals surface area contributed by atoms with Crippen LogP contribution in [0.2, 0.25) is 5.02 Å². The Morgan fingerprint density at radius 1 is 1.12 bits per heavy atom.